The van der Waals surface area contributed by atoms with E-state index in [4.69, 9.17) is 9.47 Å². The summed E-state index contributed by atoms with van der Waals surface area (Å²) >= 11 is 1.34. The van der Waals surface area contributed by atoms with Crippen molar-refractivity contribution in [3.05, 3.63) is 70.8 Å². The van der Waals surface area contributed by atoms with Gasteiger partial charge < -0.3 is 14.8 Å². The number of ether oxygens (including phenoxy) is 2. The van der Waals surface area contributed by atoms with Gasteiger partial charge in [0.05, 0.1) is 10.4 Å². The SMILES string of the molecule is O=C1N=C(NCc2ccc3c(c2)OCO3)S/C1=C\c1ccc2ncccc2c1. The Hall–Kier alpha value is -3.32. The normalized spacial score (nSPS) is 16.6. The van der Waals surface area contributed by atoms with Gasteiger partial charge in [-0.1, -0.05) is 18.2 Å². The fourth-order valence-electron chi connectivity index (χ4n) is 3.05. The lowest BCUT2D eigenvalue weighted by atomic mass is 10.1. The van der Waals surface area contributed by atoms with Gasteiger partial charge in [0.1, 0.15) is 0 Å². The molecule has 0 bridgehead atoms. The van der Waals surface area contributed by atoms with Crippen LogP contribution in [0.4, 0.5) is 0 Å². The van der Waals surface area contributed by atoms with E-state index in [-0.39, 0.29) is 12.7 Å². The van der Waals surface area contributed by atoms with E-state index in [1.54, 1.807) is 6.20 Å². The Bertz CT molecular complexity index is 1160. The molecule has 3 aromatic rings. The highest BCUT2D eigenvalue weighted by atomic mass is 32.2. The van der Waals surface area contributed by atoms with Crippen LogP contribution in [0.3, 0.4) is 0 Å². The highest BCUT2D eigenvalue weighted by Gasteiger charge is 2.22. The molecule has 1 amide bonds. The lowest BCUT2D eigenvalue weighted by Gasteiger charge is -2.06. The summed E-state index contributed by atoms with van der Waals surface area (Å²) < 4.78 is 10.7. The van der Waals surface area contributed by atoms with Crippen LogP contribution >= 0.6 is 11.8 Å². The second-order valence-electron chi connectivity index (χ2n) is 6.33. The minimum atomic E-state index is -0.232. The largest absolute Gasteiger partial charge is 0.454 e. The highest BCUT2D eigenvalue weighted by molar-refractivity contribution is 8.18. The zero-order valence-electron chi connectivity index (χ0n) is 14.7. The predicted octanol–water partition coefficient (Wildman–Crippen LogP) is 3.72. The summed E-state index contributed by atoms with van der Waals surface area (Å²) in [5.74, 6) is 1.26. The Morgan fingerprint density at radius 1 is 1.11 bits per heavy atom. The second kappa shape index (κ2) is 7.01. The number of aromatic nitrogens is 1. The lowest BCUT2D eigenvalue weighted by molar-refractivity contribution is -0.113. The number of aliphatic imine (C=N–C) groups is 1. The van der Waals surface area contributed by atoms with Crippen LogP contribution in [0.15, 0.2) is 64.6 Å². The molecule has 2 aromatic carbocycles. The molecular weight excluding hydrogens is 374 g/mol. The Morgan fingerprint density at radius 3 is 3.00 bits per heavy atom. The smallest absolute Gasteiger partial charge is 0.286 e. The molecule has 2 aliphatic rings. The first-order valence-electron chi connectivity index (χ1n) is 8.74. The van der Waals surface area contributed by atoms with Gasteiger partial charge in [-0.2, -0.15) is 4.99 Å². The molecule has 1 aromatic heterocycles. The molecule has 0 atom stereocenters. The zero-order valence-corrected chi connectivity index (χ0v) is 15.5. The van der Waals surface area contributed by atoms with E-state index in [0.29, 0.717) is 16.6 Å². The van der Waals surface area contributed by atoms with Crippen LogP contribution in [0, 0.1) is 0 Å². The van der Waals surface area contributed by atoms with Crippen molar-refractivity contribution in [1.82, 2.24) is 10.3 Å². The molecule has 28 heavy (non-hydrogen) atoms. The lowest BCUT2D eigenvalue weighted by Crippen LogP contribution is -2.18. The average molecular weight is 389 g/mol. The van der Waals surface area contributed by atoms with Crippen molar-refractivity contribution in [2.45, 2.75) is 6.54 Å². The summed E-state index contributed by atoms with van der Waals surface area (Å²) in [5, 5.41) is 4.84. The number of carbonyl (C=O) groups is 1. The minimum absolute atomic E-state index is 0.232. The maximum Gasteiger partial charge on any atom is 0.286 e. The van der Waals surface area contributed by atoms with E-state index in [1.807, 2.05) is 54.6 Å². The number of amidine groups is 1. The number of amides is 1. The topological polar surface area (TPSA) is 72.8 Å². The molecule has 0 saturated carbocycles. The van der Waals surface area contributed by atoms with Gasteiger partial charge in [0.15, 0.2) is 16.7 Å². The first-order chi connectivity index (χ1) is 13.7. The van der Waals surface area contributed by atoms with E-state index < -0.39 is 0 Å². The van der Waals surface area contributed by atoms with Crippen LogP contribution in [0.25, 0.3) is 17.0 Å². The fourth-order valence-corrected chi connectivity index (χ4v) is 3.86. The molecule has 0 radical (unpaired) electrons. The number of carbonyl (C=O) groups excluding carboxylic acids is 1. The van der Waals surface area contributed by atoms with Crippen molar-refractivity contribution >= 4 is 39.8 Å². The van der Waals surface area contributed by atoms with Gasteiger partial charge in [-0.05, 0) is 59.3 Å². The van der Waals surface area contributed by atoms with Gasteiger partial charge in [0, 0.05) is 18.1 Å². The number of hydrogen-bond donors (Lipinski definition) is 1. The van der Waals surface area contributed by atoms with E-state index >= 15 is 0 Å². The molecule has 3 heterocycles. The summed E-state index contributed by atoms with van der Waals surface area (Å²) in [6, 6.07) is 15.6. The summed E-state index contributed by atoms with van der Waals surface area (Å²) in [4.78, 5) is 21.3. The Morgan fingerprint density at radius 2 is 2.04 bits per heavy atom. The fraction of sp³-hybridized carbons (Fsp3) is 0.0952. The summed E-state index contributed by atoms with van der Waals surface area (Å²) in [6.45, 7) is 0.799. The van der Waals surface area contributed by atoms with Crippen LogP contribution in [-0.4, -0.2) is 22.9 Å². The van der Waals surface area contributed by atoms with Crippen molar-refractivity contribution in [2.75, 3.05) is 6.79 Å². The van der Waals surface area contributed by atoms with Gasteiger partial charge in [0.25, 0.3) is 5.91 Å². The Labute approximate surface area is 165 Å². The third-order valence-electron chi connectivity index (χ3n) is 4.43. The molecule has 0 aliphatic carbocycles. The molecule has 7 heteroatoms. The monoisotopic (exact) mass is 389 g/mol. The standard InChI is InChI=1S/C21H15N3O3S/c25-20-19(10-13-3-5-16-15(8-13)2-1-7-22-16)28-21(24-20)23-11-14-4-6-17-18(9-14)27-12-26-17/h1-10H,11-12H2,(H,23,24,25)/b19-10-. The molecule has 0 spiro atoms. The van der Waals surface area contributed by atoms with E-state index in [0.717, 1.165) is 33.5 Å². The van der Waals surface area contributed by atoms with Crippen molar-refractivity contribution in [2.24, 2.45) is 4.99 Å². The van der Waals surface area contributed by atoms with E-state index in [9.17, 15) is 4.79 Å². The summed E-state index contributed by atoms with van der Waals surface area (Å²) in [6.07, 6.45) is 3.63. The van der Waals surface area contributed by atoms with Gasteiger partial charge in [-0.15, -0.1) is 0 Å². The summed E-state index contributed by atoms with van der Waals surface area (Å²) in [5.41, 5.74) is 2.90. The number of hydrogen-bond acceptors (Lipinski definition) is 6. The van der Waals surface area contributed by atoms with Crippen LogP contribution in [-0.2, 0) is 11.3 Å². The van der Waals surface area contributed by atoms with E-state index in [2.05, 4.69) is 15.3 Å². The van der Waals surface area contributed by atoms with Crippen molar-refractivity contribution in [1.29, 1.82) is 0 Å². The predicted molar refractivity (Wildman–Crippen MR) is 109 cm³/mol. The molecule has 0 unspecified atom stereocenters. The number of benzene rings is 2. The van der Waals surface area contributed by atoms with Crippen LogP contribution < -0.4 is 14.8 Å². The van der Waals surface area contributed by atoms with Gasteiger partial charge in [-0.3, -0.25) is 9.78 Å². The molecule has 6 nitrogen and oxygen atoms in total. The van der Waals surface area contributed by atoms with Crippen molar-refractivity contribution in [3.8, 4) is 11.5 Å². The summed E-state index contributed by atoms with van der Waals surface area (Å²) in [7, 11) is 0. The third kappa shape index (κ3) is 3.32. The number of fused-ring (bicyclic) bond motifs is 2. The zero-order chi connectivity index (χ0) is 18.9. The number of rotatable bonds is 3. The maximum atomic E-state index is 12.3. The van der Waals surface area contributed by atoms with Crippen molar-refractivity contribution < 1.29 is 14.3 Å². The molecule has 1 N–H and O–H groups in total. The molecule has 138 valence electrons. The van der Waals surface area contributed by atoms with Crippen molar-refractivity contribution in [3.63, 3.8) is 0 Å². The Kier molecular flexibility index (Phi) is 4.21. The maximum absolute atomic E-state index is 12.3. The number of pyridine rings is 1. The molecule has 2 aliphatic heterocycles. The molecule has 5 rings (SSSR count). The quantitative estimate of drug-likeness (QED) is 0.689. The third-order valence-corrected chi connectivity index (χ3v) is 5.37. The minimum Gasteiger partial charge on any atom is -0.454 e. The number of nitrogens with one attached hydrogen (secondary N) is 1. The van der Waals surface area contributed by atoms with Crippen LogP contribution in [0.1, 0.15) is 11.1 Å². The number of thioether (sulfide) groups is 1. The van der Waals surface area contributed by atoms with Gasteiger partial charge >= 0.3 is 0 Å². The highest BCUT2D eigenvalue weighted by Crippen LogP contribution is 2.33. The van der Waals surface area contributed by atoms with Gasteiger partial charge in [0.2, 0.25) is 6.79 Å². The molecule has 0 saturated heterocycles. The average Bonchev–Trinajstić information content (AvgIpc) is 3.32. The van der Waals surface area contributed by atoms with Crippen LogP contribution in [0.2, 0.25) is 0 Å². The molecule has 0 fully saturated rings. The first-order valence-corrected chi connectivity index (χ1v) is 9.56. The van der Waals surface area contributed by atoms with Gasteiger partial charge in [-0.25, -0.2) is 0 Å². The van der Waals surface area contributed by atoms with E-state index in [1.165, 1.54) is 11.8 Å². The number of nitrogens with zero attached hydrogens (tertiary/aromatic N) is 2. The Balaban J connectivity index is 1.28. The second-order valence-corrected chi connectivity index (χ2v) is 7.36. The first kappa shape index (κ1) is 16.8. The molecular formula is C21H15N3O3S. The van der Waals surface area contributed by atoms with Crippen LogP contribution in [0.5, 0.6) is 11.5 Å².